The first-order valence-corrected chi connectivity index (χ1v) is 5.81. The molecule has 1 saturated heterocycles. The predicted molar refractivity (Wildman–Crippen MR) is 59.8 cm³/mol. The van der Waals surface area contributed by atoms with Crippen molar-refractivity contribution in [3.63, 3.8) is 0 Å². The van der Waals surface area contributed by atoms with Crippen molar-refractivity contribution in [1.82, 2.24) is 4.90 Å². The number of likely N-dealkylation sites (tertiary alicyclic amines) is 1. The number of carboxylic acid groups (broad SMARTS) is 1. The van der Waals surface area contributed by atoms with Gasteiger partial charge in [0.15, 0.2) is 0 Å². The SMILES string of the molecule is CC(CCN)C(=O)N1CCCC[C@H]1C(=O)O. The van der Waals surface area contributed by atoms with E-state index in [4.69, 9.17) is 10.8 Å². The van der Waals surface area contributed by atoms with Gasteiger partial charge in [-0.3, -0.25) is 4.79 Å². The van der Waals surface area contributed by atoms with Crippen LogP contribution >= 0.6 is 0 Å². The first-order valence-electron chi connectivity index (χ1n) is 5.81. The third-order valence-electron chi connectivity index (χ3n) is 3.09. The number of carboxylic acids is 1. The Labute approximate surface area is 95.6 Å². The van der Waals surface area contributed by atoms with Gasteiger partial charge in [0.05, 0.1) is 0 Å². The molecule has 3 N–H and O–H groups in total. The monoisotopic (exact) mass is 228 g/mol. The normalized spacial score (nSPS) is 22.9. The van der Waals surface area contributed by atoms with Crippen LogP contribution in [0, 0.1) is 5.92 Å². The lowest BCUT2D eigenvalue weighted by atomic mass is 9.98. The zero-order chi connectivity index (χ0) is 12.1. The van der Waals surface area contributed by atoms with Crippen LogP contribution in [0.5, 0.6) is 0 Å². The second-order valence-electron chi connectivity index (χ2n) is 4.36. The van der Waals surface area contributed by atoms with Crippen LogP contribution in [0.15, 0.2) is 0 Å². The molecule has 0 aliphatic carbocycles. The van der Waals surface area contributed by atoms with E-state index in [1.807, 2.05) is 6.92 Å². The standard InChI is InChI=1S/C11H20N2O3/c1-8(5-6-12)10(14)13-7-3-2-4-9(13)11(15)16/h8-9H,2-7,12H2,1H3,(H,15,16)/t8?,9-/m0/s1. The van der Waals surface area contributed by atoms with E-state index in [1.165, 1.54) is 4.90 Å². The molecule has 1 aliphatic rings. The summed E-state index contributed by atoms with van der Waals surface area (Å²) < 4.78 is 0. The van der Waals surface area contributed by atoms with Crippen LogP contribution < -0.4 is 5.73 Å². The molecule has 0 radical (unpaired) electrons. The van der Waals surface area contributed by atoms with Crippen molar-refractivity contribution in [3.05, 3.63) is 0 Å². The van der Waals surface area contributed by atoms with Gasteiger partial charge < -0.3 is 15.7 Å². The summed E-state index contributed by atoms with van der Waals surface area (Å²) >= 11 is 0. The summed E-state index contributed by atoms with van der Waals surface area (Å²) in [6, 6.07) is -0.638. The van der Waals surface area contributed by atoms with E-state index < -0.39 is 12.0 Å². The van der Waals surface area contributed by atoms with E-state index in [2.05, 4.69) is 0 Å². The Morgan fingerprint density at radius 1 is 1.50 bits per heavy atom. The number of nitrogens with zero attached hydrogens (tertiary/aromatic N) is 1. The van der Waals surface area contributed by atoms with E-state index >= 15 is 0 Å². The molecule has 0 aromatic heterocycles. The Morgan fingerprint density at radius 3 is 2.75 bits per heavy atom. The number of nitrogens with two attached hydrogens (primary N) is 1. The lowest BCUT2D eigenvalue weighted by molar-refractivity contribution is -0.153. The smallest absolute Gasteiger partial charge is 0.326 e. The number of carbonyl (C=O) groups is 2. The number of piperidine rings is 1. The van der Waals surface area contributed by atoms with Crippen molar-refractivity contribution in [2.24, 2.45) is 11.7 Å². The highest BCUT2D eigenvalue weighted by Crippen LogP contribution is 2.20. The average Bonchev–Trinajstić information content (AvgIpc) is 2.28. The van der Waals surface area contributed by atoms with Crippen LogP contribution in [0.1, 0.15) is 32.6 Å². The molecule has 0 bridgehead atoms. The Bertz CT molecular complexity index is 268. The van der Waals surface area contributed by atoms with Crippen molar-refractivity contribution in [3.8, 4) is 0 Å². The van der Waals surface area contributed by atoms with E-state index in [9.17, 15) is 9.59 Å². The first kappa shape index (κ1) is 13.0. The molecular weight excluding hydrogens is 208 g/mol. The zero-order valence-corrected chi connectivity index (χ0v) is 9.69. The van der Waals surface area contributed by atoms with Crippen LogP contribution in [0.4, 0.5) is 0 Å². The molecule has 1 fully saturated rings. The van der Waals surface area contributed by atoms with Crippen molar-refractivity contribution in [1.29, 1.82) is 0 Å². The second-order valence-corrected chi connectivity index (χ2v) is 4.36. The van der Waals surface area contributed by atoms with Crippen LogP contribution in [-0.4, -0.2) is 41.0 Å². The number of hydrogen-bond acceptors (Lipinski definition) is 3. The molecule has 1 heterocycles. The number of carbonyl (C=O) groups excluding carboxylic acids is 1. The fraction of sp³-hybridized carbons (Fsp3) is 0.818. The summed E-state index contributed by atoms with van der Waals surface area (Å²) in [5, 5.41) is 9.05. The van der Waals surface area contributed by atoms with Crippen molar-refractivity contribution in [2.75, 3.05) is 13.1 Å². The van der Waals surface area contributed by atoms with Gasteiger partial charge in [-0.15, -0.1) is 0 Å². The maximum Gasteiger partial charge on any atom is 0.326 e. The van der Waals surface area contributed by atoms with Crippen LogP contribution in [0.2, 0.25) is 0 Å². The van der Waals surface area contributed by atoms with E-state index in [0.29, 0.717) is 25.9 Å². The molecule has 5 nitrogen and oxygen atoms in total. The largest absolute Gasteiger partial charge is 0.480 e. The number of amides is 1. The third kappa shape index (κ3) is 2.95. The van der Waals surface area contributed by atoms with Gasteiger partial charge in [0.2, 0.25) is 5.91 Å². The summed E-state index contributed by atoms with van der Waals surface area (Å²) in [4.78, 5) is 24.5. The Hall–Kier alpha value is -1.10. The average molecular weight is 228 g/mol. The minimum Gasteiger partial charge on any atom is -0.480 e. The summed E-state index contributed by atoms with van der Waals surface area (Å²) in [6.07, 6.45) is 2.95. The fourth-order valence-electron chi connectivity index (χ4n) is 2.11. The molecular formula is C11H20N2O3. The molecule has 2 atom stereocenters. The summed E-state index contributed by atoms with van der Waals surface area (Å²) in [7, 11) is 0. The highest BCUT2D eigenvalue weighted by Gasteiger charge is 2.33. The molecule has 0 aromatic rings. The van der Waals surface area contributed by atoms with Gasteiger partial charge in [-0.1, -0.05) is 6.92 Å². The lowest BCUT2D eigenvalue weighted by Gasteiger charge is -2.34. The second kappa shape index (κ2) is 5.84. The van der Waals surface area contributed by atoms with E-state index in [1.54, 1.807) is 0 Å². The van der Waals surface area contributed by atoms with Gasteiger partial charge in [0.25, 0.3) is 0 Å². The van der Waals surface area contributed by atoms with Gasteiger partial charge in [0, 0.05) is 12.5 Å². The van der Waals surface area contributed by atoms with Crippen molar-refractivity contribution < 1.29 is 14.7 Å². The van der Waals surface area contributed by atoms with Crippen LogP contribution in [0.25, 0.3) is 0 Å². The van der Waals surface area contributed by atoms with E-state index in [-0.39, 0.29) is 11.8 Å². The molecule has 1 amide bonds. The zero-order valence-electron chi connectivity index (χ0n) is 9.69. The minimum atomic E-state index is -0.895. The third-order valence-corrected chi connectivity index (χ3v) is 3.09. The molecule has 92 valence electrons. The van der Waals surface area contributed by atoms with Crippen LogP contribution in [0.3, 0.4) is 0 Å². The predicted octanol–water partition coefficient (Wildman–Crippen LogP) is 0.437. The van der Waals surface area contributed by atoms with Gasteiger partial charge in [-0.05, 0) is 32.2 Å². The molecule has 5 heteroatoms. The van der Waals surface area contributed by atoms with Gasteiger partial charge >= 0.3 is 5.97 Å². The summed E-state index contributed by atoms with van der Waals surface area (Å²) in [6.45, 7) is 2.83. The minimum absolute atomic E-state index is 0.0717. The molecule has 0 saturated carbocycles. The summed E-state index contributed by atoms with van der Waals surface area (Å²) in [5.74, 6) is -1.14. The van der Waals surface area contributed by atoms with Gasteiger partial charge in [0.1, 0.15) is 6.04 Å². The molecule has 16 heavy (non-hydrogen) atoms. The number of hydrogen-bond donors (Lipinski definition) is 2. The van der Waals surface area contributed by atoms with Gasteiger partial charge in [-0.2, -0.15) is 0 Å². The number of rotatable bonds is 4. The molecule has 1 rings (SSSR count). The maximum atomic E-state index is 12.0. The molecule has 0 spiro atoms. The fourth-order valence-corrected chi connectivity index (χ4v) is 2.11. The Balaban J connectivity index is 2.67. The van der Waals surface area contributed by atoms with Crippen molar-refractivity contribution >= 4 is 11.9 Å². The maximum absolute atomic E-state index is 12.0. The van der Waals surface area contributed by atoms with Crippen LogP contribution in [-0.2, 0) is 9.59 Å². The van der Waals surface area contributed by atoms with Crippen molar-refractivity contribution in [2.45, 2.75) is 38.6 Å². The Kier molecular flexibility index (Phi) is 4.73. The molecule has 1 unspecified atom stereocenters. The first-order chi connectivity index (χ1) is 7.57. The molecule has 1 aliphatic heterocycles. The van der Waals surface area contributed by atoms with E-state index in [0.717, 1.165) is 12.8 Å². The van der Waals surface area contributed by atoms with Gasteiger partial charge in [-0.25, -0.2) is 4.79 Å². The topological polar surface area (TPSA) is 83.6 Å². The molecule has 0 aromatic carbocycles. The highest BCUT2D eigenvalue weighted by molar-refractivity contribution is 5.85. The summed E-state index contributed by atoms with van der Waals surface area (Å²) in [5.41, 5.74) is 5.40. The lowest BCUT2D eigenvalue weighted by Crippen LogP contribution is -2.49. The quantitative estimate of drug-likeness (QED) is 0.731. The Morgan fingerprint density at radius 2 is 2.19 bits per heavy atom. The number of aliphatic carboxylic acids is 1. The highest BCUT2D eigenvalue weighted by atomic mass is 16.4.